The van der Waals surface area contributed by atoms with Crippen molar-refractivity contribution < 1.29 is 18.7 Å². The molecule has 0 amide bonds. The van der Waals surface area contributed by atoms with Crippen LogP contribution in [0.2, 0.25) is 5.02 Å². The smallest absolute Gasteiger partial charge is 0.326 e. The van der Waals surface area contributed by atoms with Gasteiger partial charge in [0, 0.05) is 5.02 Å². The number of carboxylic acid groups (broad SMARTS) is 1. The summed E-state index contributed by atoms with van der Waals surface area (Å²) in [6, 6.07) is 5.15. The highest BCUT2D eigenvalue weighted by Gasteiger charge is 2.28. The van der Waals surface area contributed by atoms with Gasteiger partial charge in [0.2, 0.25) is 0 Å². The standard InChI is InChI=1S/C14H17ClO4S/c15-12-8-10(9-4-2-1-3-5-9)6-7-11(12)13(14(16)17)20(18)19/h6-9,13H,1-5H2,(H,16,17)(H,18,19). The van der Waals surface area contributed by atoms with Gasteiger partial charge in [-0.1, -0.05) is 43.0 Å². The second-order valence-electron chi connectivity index (χ2n) is 5.11. The van der Waals surface area contributed by atoms with Gasteiger partial charge in [-0.05, 0) is 36.0 Å². The van der Waals surface area contributed by atoms with Crippen molar-refractivity contribution in [3.63, 3.8) is 0 Å². The van der Waals surface area contributed by atoms with Crippen molar-refractivity contribution in [1.29, 1.82) is 0 Å². The molecule has 0 saturated heterocycles. The van der Waals surface area contributed by atoms with Gasteiger partial charge in [0.15, 0.2) is 16.3 Å². The lowest BCUT2D eigenvalue weighted by Gasteiger charge is -2.23. The van der Waals surface area contributed by atoms with E-state index in [-0.39, 0.29) is 10.6 Å². The van der Waals surface area contributed by atoms with Crippen LogP contribution in [0, 0.1) is 0 Å². The third-order valence-electron chi connectivity index (χ3n) is 3.81. The van der Waals surface area contributed by atoms with Crippen molar-refractivity contribution >= 4 is 28.7 Å². The first kappa shape index (κ1) is 15.5. The number of hydrogen-bond acceptors (Lipinski definition) is 2. The number of carboxylic acids is 1. The molecule has 0 aliphatic heterocycles. The van der Waals surface area contributed by atoms with Crippen molar-refractivity contribution in [2.45, 2.75) is 43.3 Å². The zero-order valence-electron chi connectivity index (χ0n) is 10.9. The molecule has 1 fully saturated rings. The summed E-state index contributed by atoms with van der Waals surface area (Å²) in [6.45, 7) is 0. The van der Waals surface area contributed by atoms with E-state index >= 15 is 0 Å². The summed E-state index contributed by atoms with van der Waals surface area (Å²) in [5.74, 6) is -0.892. The lowest BCUT2D eigenvalue weighted by molar-refractivity contribution is -0.136. The molecular weight excluding hydrogens is 300 g/mol. The molecule has 1 aromatic rings. The van der Waals surface area contributed by atoms with Crippen LogP contribution in [-0.2, 0) is 15.9 Å². The lowest BCUT2D eigenvalue weighted by Crippen LogP contribution is -2.17. The van der Waals surface area contributed by atoms with Crippen molar-refractivity contribution in [3.8, 4) is 0 Å². The fourth-order valence-electron chi connectivity index (χ4n) is 2.77. The fraction of sp³-hybridized carbons (Fsp3) is 0.500. The van der Waals surface area contributed by atoms with Gasteiger partial charge in [0.05, 0.1) is 0 Å². The number of halogens is 1. The highest BCUT2D eigenvalue weighted by molar-refractivity contribution is 7.80. The Hall–Kier alpha value is -0.910. The summed E-state index contributed by atoms with van der Waals surface area (Å²) in [5.41, 5.74) is 1.28. The Morgan fingerprint density at radius 1 is 1.30 bits per heavy atom. The second kappa shape index (κ2) is 6.70. The molecule has 1 aliphatic carbocycles. The Labute approximate surface area is 125 Å². The molecule has 2 atom stereocenters. The van der Waals surface area contributed by atoms with Gasteiger partial charge in [0.25, 0.3) is 0 Å². The molecular formula is C14H17ClO4S. The highest BCUT2D eigenvalue weighted by Crippen LogP contribution is 2.36. The summed E-state index contributed by atoms with van der Waals surface area (Å²) >= 11 is 3.63. The van der Waals surface area contributed by atoms with Gasteiger partial charge < -0.3 is 9.66 Å². The predicted molar refractivity (Wildman–Crippen MR) is 78.4 cm³/mol. The molecule has 0 heterocycles. The van der Waals surface area contributed by atoms with Crippen LogP contribution >= 0.6 is 11.6 Å². The van der Waals surface area contributed by atoms with E-state index in [0.717, 1.165) is 18.4 Å². The van der Waals surface area contributed by atoms with Crippen LogP contribution in [0.4, 0.5) is 0 Å². The monoisotopic (exact) mass is 316 g/mol. The molecule has 20 heavy (non-hydrogen) atoms. The Morgan fingerprint density at radius 3 is 2.45 bits per heavy atom. The fourth-order valence-corrected chi connectivity index (χ4v) is 3.73. The first-order valence-corrected chi connectivity index (χ1v) is 8.17. The summed E-state index contributed by atoms with van der Waals surface area (Å²) in [5, 5.41) is 7.78. The highest BCUT2D eigenvalue weighted by atomic mass is 35.5. The number of rotatable bonds is 4. The lowest BCUT2D eigenvalue weighted by atomic mass is 9.84. The van der Waals surface area contributed by atoms with Crippen LogP contribution in [0.25, 0.3) is 0 Å². The van der Waals surface area contributed by atoms with E-state index < -0.39 is 22.3 Å². The number of aliphatic carboxylic acids is 1. The quantitative estimate of drug-likeness (QED) is 0.830. The average Bonchev–Trinajstić information content (AvgIpc) is 2.41. The second-order valence-corrected chi connectivity index (χ2v) is 6.54. The van der Waals surface area contributed by atoms with Crippen LogP contribution in [0.1, 0.15) is 54.4 Å². The molecule has 0 radical (unpaired) electrons. The van der Waals surface area contributed by atoms with Gasteiger partial charge in [-0.25, -0.2) is 4.21 Å². The van der Waals surface area contributed by atoms with E-state index in [9.17, 15) is 9.00 Å². The zero-order chi connectivity index (χ0) is 14.7. The van der Waals surface area contributed by atoms with E-state index in [4.69, 9.17) is 21.3 Å². The molecule has 1 aromatic carbocycles. The molecule has 0 aromatic heterocycles. The summed E-state index contributed by atoms with van der Waals surface area (Å²) < 4.78 is 20.3. The van der Waals surface area contributed by atoms with Gasteiger partial charge in [-0.3, -0.25) is 4.79 Å². The molecule has 110 valence electrons. The minimum absolute atomic E-state index is 0.194. The topological polar surface area (TPSA) is 74.6 Å². The van der Waals surface area contributed by atoms with Crippen LogP contribution in [-0.4, -0.2) is 19.8 Å². The van der Waals surface area contributed by atoms with E-state index in [1.54, 1.807) is 12.1 Å². The molecule has 1 saturated carbocycles. The Bertz CT molecular complexity index is 512. The molecule has 0 bridgehead atoms. The first-order chi connectivity index (χ1) is 9.50. The van der Waals surface area contributed by atoms with E-state index in [0.29, 0.717) is 5.92 Å². The van der Waals surface area contributed by atoms with Gasteiger partial charge >= 0.3 is 5.97 Å². The molecule has 2 unspecified atom stereocenters. The Balaban J connectivity index is 2.29. The van der Waals surface area contributed by atoms with Crippen molar-refractivity contribution in [3.05, 3.63) is 34.3 Å². The molecule has 6 heteroatoms. The zero-order valence-corrected chi connectivity index (χ0v) is 12.5. The Morgan fingerprint density at radius 2 is 1.95 bits per heavy atom. The van der Waals surface area contributed by atoms with Crippen LogP contribution < -0.4 is 0 Å². The maximum Gasteiger partial charge on any atom is 0.326 e. The average molecular weight is 317 g/mol. The van der Waals surface area contributed by atoms with Crippen molar-refractivity contribution in [2.75, 3.05) is 0 Å². The predicted octanol–water partition coefficient (Wildman–Crippen LogP) is 3.74. The van der Waals surface area contributed by atoms with Gasteiger partial charge in [0.1, 0.15) is 0 Å². The molecule has 0 spiro atoms. The summed E-state index contributed by atoms with van der Waals surface area (Å²) in [6.07, 6.45) is 5.88. The van der Waals surface area contributed by atoms with E-state index in [1.807, 2.05) is 6.07 Å². The molecule has 1 aliphatic rings. The minimum Gasteiger partial charge on any atom is -0.480 e. The SMILES string of the molecule is O=C(O)C(c1ccc(C2CCCCC2)cc1Cl)S(=O)O. The molecule has 4 nitrogen and oxygen atoms in total. The van der Waals surface area contributed by atoms with Crippen molar-refractivity contribution in [2.24, 2.45) is 0 Å². The van der Waals surface area contributed by atoms with Crippen LogP contribution in [0.5, 0.6) is 0 Å². The first-order valence-electron chi connectivity index (χ1n) is 6.62. The van der Waals surface area contributed by atoms with Crippen molar-refractivity contribution in [1.82, 2.24) is 0 Å². The maximum absolute atomic E-state index is 11.2. The molecule has 2 rings (SSSR count). The number of carbonyl (C=O) groups is 1. The van der Waals surface area contributed by atoms with E-state index in [1.165, 1.54) is 19.3 Å². The third kappa shape index (κ3) is 3.40. The molecule has 2 N–H and O–H groups in total. The van der Waals surface area contributed by atoms with Crippen LogP contribution in [0.3, 0.4) is 0 Å². The minimum atomic E-state index is -2.49. The Kier molecular flexibility index (Phi) is 5.18. The number of benzene rings is 1. The maximum atomic E-state index is 11.2. The third-order valence-corrected chi connectivity index (χ3v) is 5.00. The summed E-state index contributed by atoms with van der Waals surface area (Å²) in [7, 11) is 0. The van der Waals surface area contributed by atoms with Gasteiger partial charge in [-0.15, -0.1) is 0 Å². The number of hydrogen-bond donors (Lipinski definition) is 2. The normalized spacial score (nSPS) is 19.5. The summed E-state index contributed by atoms with van der Waals surface area (Å²) in [4.78, 5) is 11.1. The largest absolute Gasteiger partial charge is 0.480 e. The van der Waals surface area contributed by atoms with E-state index in [2.05, 4.69) is 0 Å². The van der Waals surface area contributed by atoms with Gasteiger partial charge in [-0.2, -0.15) is 0 Å². The van der Waals surface area contributed by atoms with Crippen LogP contribution in [0.15, 0.2) is 18.2 Å².